The van der Waals surface area contributed by atoms with E-state index in [1.807, 2.05) is 31.2 Å². The summed E-state index contributed by atoms with van der Waals surface area (Å²) in [5, 5.41) is 5.25. The van der Waals surface area contributed by atoms with Gasteiger partial charge in [-0.15, -0.1) is 0 Å². The van der Waals surface area contributed by atoms with Crippen LogP contribution in [0.3, 0.4) is 0 Å². The van der Waals surface area contributed by atoms with Crippen LogP contribution in [-0.4, -0.2) is 24.1 Å². The summed E-state index contributed by atoms with van der Waals surface area (Å²) < 4.78 is 3.19. The van der Waals surface area contributed by atoms with E-state index in [1.54, 1.807) is 21.3 Å². The molecule has 6 nitrogen and oxygen atoms in total. The largest absolute Gasteiger partial charge is 0.315 e. The molecule has 0 saturated carbocycles. The highest BCUT2D eigenvalue weighted by molar-refractivity contribution is 6.33. The fourth-order valence-corrected chi connectivity index (χ4v) is 2.94. The van der Waals surface area contributed by atoms with Crippen LogP contribution in [0.5, 0.6) is 0 Å². The van der Waals surface area contributed by atoms with Crippen molar-refractivity contribution in [1.82, 2.24) is 24.1 Å². The number of nitrogens with zero attached hydrogens (tertiary/aromatic N) is 5. The molecule has 23 heavy (non-hydrogen) atoms. The summed E-state index contributed by atoms with van der Waals surface area (Å²) in [5.74, 6) is 0.432. The lowest BCUT2D eigenvalue weighted by Gasteiger charge is -2.11. The predicted molar refractivity (Wildman–Crippen MR) is 88.7 cm³/mol. The van der Waals surface area contributed by atoms with Gasteiger partial charge in [0.1, 0.15) is 6.33 Å². The Kier molecular flexibility index (Phi) is 3.12. The van der Waals surface area contributed by atoms with E-state index in [1.165, 1.54) is 6.33 Å². The zero-order valence-electron chi connectivity index (χ0n) is 12.3. The lowest BCUT2D eigenvalue weighted by molar-refractivity contribution is 0.733. The molecule has 0 N–H and O–H groups in total. The van der Waals surface area contributed by atoms with E-state index < -0.39 is 0 Å². The molecule has 0 bridgehead atoms. The molecule has 0 spiro atoms. The minimum absolute atomic E-state index is 0.121. The zero-order chi connectivity index (χ0) is 16.0. The van der Waals surface area contributed by atoms with Gasteiger partial charge in [-0.2, -0.15) is 14.6 Å². The number of aromatic nitrogens is 5. The zero-order valence-corrected chi connectivity index (χ0v) is 13.0. The Morgan fingerprint density at radius 1 is 1.22 bits per heavy atom. The molecule has 4 rings (SSSR count). The minimum atomic E-state index is -0.121. The van der Waals surface area contributed by atoms with E-state index in [0.717, 1.165) is 5.56 Å². The van der Waals surface area contributed by atoms with Gasteiger partial charge >= 0.3 is 0 Å². The monoisotopic (exact) mass is 325 g/mol. The van der Waals surface area contributed by atoms with Crippen molar-refractivity contribution in [2.45, 2.75) is 13.5 Å². The number of halogens is 1. The molecule has 114 valence electrons. The molecule has 0 amide bonds. The van der Waals surface area contributed by atoms with Crippen LogP contribution < -0.4 is 5.56 Å². The van der Waals surface area contributed by atoms with Gasteiger partial charge in [-0.05, 0) is 19.1 Å². The van der Waals surface area contributed by atoms with Crippen LogP contribution in [0.1, 0.15) is 6.92 Å². The predicted octanol–water partition coefficient (Wildman–Crippen LogP) is 2.78. The first kappa shape index (κ1) is 13.9. The highest BCUT2D eigenvalue weighted by Gasteiger charge is 2.18. The number of aryl methyl sites for hydroxylation is 1. The standard InChI is InChI=1S/C16H12ClN5O/c1-2-21-8-7-12-13(15(21)23)14(10-5-3-4-6-11(10)17)22-16(20-12)18-9-19-22/h3-9H,2H2,1H3. The van der Waals surface area contributed by atoms with E-state index in [4.69, 9.17) is 11.6 Å². The van der Waals surface area contributed by atoms with E-state index in [9.17, 15) is 4.79 Å². The van der Waals surface area contributed by atoms with Gasteiger partial charge in [0.2, 0.25) is 0 Å². The topological polar surface area (TPSA) is 65.1 Å². The van der Waals surface area contributed by atoms with Crippen LogP contribution in [0, 0.1) is 0 Å². The minimum Gasteiger partial charge on any atom is -0.315 e. The maximum absolute atomic E-state index is 12.8. The molecule has 0 radical (unpaired) electrons. The highest BCUT2D eigenvalue weighted by atomic mass is 35.5. The molecule has 0 unspecified atom stereocenters. The molecule has 0 aliphatic carbocycles. The van der Waals surface area contributed by atoms with Crippen LogP contribution in [0.15, 0.2) is 47.7 Å². The molecule has 3 aromatic heterocycles. The lowest BCUT2D eigenvalue weighted by Crippen LogP contribution is -2.20. The van der Waals surface area contributed by atoms with Gasteiger partial charge in [0.05, 0.1) is 16.6 Å². The third-order valence-corrected chi connectivity index (χ3v) is 4.14. The van der Waals surface area contributed by atoms with Gasteiger partial charge in [-0.25, -0.2) is 4.98 Å². The van der Waals surface area contributed by atoms with Crippen LogP contribution in [0.4, 0.5) is 0 Å². The number of fused-ring (bicyclic) bond motifs is 2. The normalized spacial score (nSPS) is 11.4. The maximum Gasteiger partial charge on any atom is 0.262 e. The molecule has 3 heterocycles. The van der Waals surface area contributed by atoms with Gasteiger partial charge in [0.15, 0.2) is 0 Å². The Morgan fingerprint density at radius 3 is 2.83 bits per heavy atom. The number of hydrogen-bond acceptors (Lipinski definition) is 4. The third kappa shape index (κ3) is 2.03. The molecule has 0 saturated heterocycles. The van der Waals surface area contributed by atoms with Crippen molar-refractivity contribution in [3.63, 3.8) is 0 Å². The lowest BCUT2D eigenvalue weighted by atomic mass is 10.1. The Bertz CT molecular complexity index is 1100. The summed E-state index contributed by atoms with van der Waals surface area (Å²) >= 11 is 6.36. The average Bonchev–Trinajstić information content (AvgIpc) is 3.02. The van der Waals surface area contributed by atoms with Gasteiger partial charge in [-0.1, -0.05) is 29.8 Å². The summed E-state index contributed by atoms with van der Waals surface area (Å²) in [6, 6.07) is 9.18. The Morgan fingerprint density at radius 2 is 2.04 bits per heavy atom. The first-order valence-corrected chi connectivity index (χ1v) is 7.56. The molecule has 7 heteroatoms. The van der Waals surface area contributed by atoms with Gasteiger partial charge in [-0.3, -0.25) is 4.79 Å². The second-order valence-corrected chi connectivity index (χ2v) is 5.49. The Labute approximate surface area is 136 Å². The number of benzene rings is 1. The molecule has 0 aliphatic rings. The molecule has 0 fully saturated rings. The summed E-state index contributed by atoms with van der Waals surface area (Å²) in [6.45, 7) is 2.50. The quantitative estimate of drug-likeness (QED) is 0.568. The van der Waals surface area contributed by atoms with E-state index >= 15 is 0 Å². The summed E-state index contributed by atoms with van der Waals surface area (Å²) in [6.07, 6.45) is 3.15. The van der Waals surface area contributed by atoms with Crippen LogP contribution >= 0.6 is 11.6 Å². The van der Waals surface area contributed by atoms with Gasteiger partial charge in [0.25, 0.3) is 11.3 Å². The molecular formula is C16H12ClN5O. The second-order valence-electron chi connectivity index (χ2n) is 5.08. The maximum atomic E-state index is 12.8. The van der Waals surface area contributed by atoms with Crippen molar-refractivity contribution in [2.24, 2.45) is 0 Å². The van der Waals surface area contributed by atoms with Crippen molar-refractivity contribution in [3.8, 4) is 11.3 Å². The molecule has 0 atom stereocenters. The Hall–Kier alpha value is -2.73. The molecule has 4 aromatic rings. The molecule has 1 aromatic carbocycles. The van der Waals surface area contributed by atoms with E-state index in [0.29, 0.717) is 33.9 Å². The number of pyridine rings is 1. The fraction of sp³-hybridized carbons (Fsp3) is 0.125. The number of rotatable bonds is 2. The SMILES string of the molecule is CCn1ccc2nc3ncnn3c(-c3ccccc3Cl)c2c1=O. The first-order valence-electron chi connectivity index (χ1n) is 7.18. The van der Waals surface area contributed by atoms with E-state index in [2.05, 4.69) is 15.1 Å². The molecule has 0 aliphatic heterocycles. The van der Waals surface area contributed by atoms with Crippen LogP contribution in [0.2, 0.25) is 5.02 Å². The fourth-order valence-electron chi connectivity index (χ4n) is 2.71. The summed E-state index contributed by atoms with van der Waals surface area (Å²) in [7, 11) is 0. The van der Waals surface area contributed by atoms with Crippen molar-refractivity contribution in [1.29, 1.82) is 0 Å². The second kappa shape index (κ2) is 5.17. The van der Waals surface area contributed by atoms with Crippen molar-refractivity contribution < 1.29 is 0 Å². The van der Waals surface area contributed by atoms with Gasteiger partial charge in [0, 0.05) is 23.3 Å². The van der Waals surface area contributed by atoms with Crippen molar-refractivity contribution in [3.05, 3.63) is 58.2 Å². The first-order chi connectivity index (χ1) is 11.2. The third-order valence-electron chi connectivity index (χ3n) is 3.81. The van der Waals surface area contributed by atoms with Crippen LogP contribution in [-0.2, 0) is 6.54 Å². The summed E-state index contributed by atoms with van der Waals surface area (Å²) in [5.41, 5.74) is 1.80. The van der Waals surface area contributed by atoms with Crippen molar-refractivity contribution in [2.75, 3.05) is 0 Å². The Balaban J connectivity index is 2.28. The molecular weight excluding hydrogens is 314 g/mol. The smallest absolute Gasteiger partial charge is 0.262 e. The number of hydrogen-bond donors (Lipinski definition) is 0. The van der Waals surface area contributed by atoms with E-state index in [-0.39, 0.29) is 5.56 Å². The summed E-state index contributed by atoms with van der Waals surface area (Å²) in [4.78, 5) is 21.4. The van der Waals surface area contributed by atoms with Crippen LogP contribution in [0.25, 0.3) is 27.9 Å². The average molecular weight is 326 g/mol. The highest BCUT2D eigenvalue weighted by Crippen LogP contribution is 2.31. The van der Waals surface area contributed by atoms with Gasteiger partial charge < -0.3 is 4.57 Å². The van der Waals surface area contributed by atoms with Crippen molar-refractivity contribution >= 4 is 28.3 Å².